The van der Waals surface area contributed by atoms with Gasteiger partial charge in [0.05, 0.1) is 5.56 Å². The lowest BCUT2D eigenvalue weighted by Crippen LogP contribution is -2.08. The Balaban J connectivity index is 1.43. The van der Waals surface area contributed by atoms with Crippen molar-refractivity contribution in [1.29, 1.82) is 0 Å². The van der Waals surface area contributed by atoms with Crippen LogP contribution in [-0.2, 0) is 32.3 Å². The van der Waals surface area contributed by atoms with Crippen molar-refractivity contribution in [2.45, 2.75) is 27.1 Å². The summed E-state index contributed by atoms with van der Waals surface area (Å²) in [4.78, 5) is 36.0. The molecule has 0 spiro atoms. The van der Waals surface area contributed by atoms with Gasteiger partial charge >= 0.3 is 17.9 Å². The summed E-state index contributed by atoms with van der Waals surface area (Å²) in [6.45, 7) is 10.7. The summed E-state index contributed by atoms with van der Waals surface area (Å²) in [5, 5.41) is 3.59. The van der Waals surface area contributed by atoms with Crippen molar-refractivity contribution in [3.8, 4) is 5.75 Å². The second-order valence-corrected chi connectivity index (χ2v) is 8.84. The van der Waals surface area contributed by atoms with Gasteiger partial charge in [-0.15, -0.1) is 0 Å². The van der Waals surface area contributed by atoms with Crippen LogP contribution in [0.3, 0.4) is 0 Å². The Hall–Kier alpha value is -4.71. The molecular formula is C31H26O6. The summed E-state index contributed by atoms with van der Waals surface area (Å²) in [5.41, 5.74) is 2.81. The molecule has 0 saturated carbocycles. The number of hydrogen-bond acceptors (Lipinski definition) is 6. The SMILES string of the molecule is C=C(C)C(=O)OCc1ccc2cc(OC(=O)c3ccc4cc(COC(=O)C(=C)C)ccc4c3)ccc2c1. The molecule has 0 radical (unpaired) electrons. The summed E-state index contributed by atoms with van der Waals surface area (Å²) >= 11 is 0. The lowest BCUT2D eigenvalue weighted by atomic mass is 10.0. The Bertz CT molecular complexity index is 1560. The van der Waals surface area contributed by atoms with Gasteiger partial charge in [-0.1, -0.05) is 49.6 Å². The van der Waals surface area contributed by atoms with Gasteiger partial charge in [0.2, 0.25) is 0 Å². The molecule has 0 aliphatic heterocycles. The molecular weight excluding hydrogens is 468 g/mol. The first-order valence-electron chi connectivity index (χ1n) is 11.6. The van der Waals surface area contributed by atoms with Crippen LogP contribution >= 0.6 is 0 Å². The fourth-order valence-electron chi connectivity index (χ4n) is 3.65. The van der Waals surface area contributed by atoms with Crippen LogP contribution in [0.4, 0.5) is 0 Å². The van der Waals surface area contributed by atoms with E-state index >= 15 is 0 Å². The van der Waals surface area contributed by atoms with Crippen LogP contribution in [0.15, 0.2) is 97.1 Å². The minimum atomic E-state index is -0.468. The van der Waals surface area contributed by atoms with E-state index in [0.29, 0.717) is 22.5 Å². The van der Waals surface area contributed by atoms with Gasteiger partial charge in [-0.2, -0.15) is 0 Å². The molecule has 186 valence electrons. The average Bonchev–Trinajstić information content (AvgIpc) is 2.89. The van der Waals surface area contributed by atoms with E-state index in [-0.39, 0.29) is 13.2 Å². The molecule has 4 rings (SSSR count). The Morgan fingerprint density at radius 1 is 0.622 bits per heavy atom. The third-order valence-electron chi connectivity index (χ3n) is 5.66. The van der Waals surface area contributed by atoms with E-state index in [9.17, 15) is 14.4 Å². The van der Waals surface area contributed by atoms with Crippen LogP contribution in [0.25, 0.3) is 21.5 Å². The van der Waals surface area contributed by atoms with Crippen molar-refractivity contribution in [1.82, 2.24) is 0 Å². The zero-order chi connectivity index (χ0) is 26.5. The summed E-state index contributed by atoms with van der Waals surface area (Å²) in [6, 6.07) is 22.0. The van der Waals surface area contributed by atoms with E-state index in [4.69, 9.17) is 14.2 Å². The fraction of sp³-hybridized carbons (Fsp3) is 0.129. The Labute approximate surface area is 214 Å². The number of ether oxygens (including phenoxy) is 3. The number of rotatable bonds is 8. The summed E-state index contributed by atoms with van der Waals surface area (Å²) in [7, 11) is 0. The number of hydrogen-bond donors (Lipinski definition) is 0. The molecule has 0 saturated heterocycles. The highest BCUT2D eigenvalue weighted by Crippen LogP contribution is 2.24. The van der Waals surface area contributed by atoms with Gasteiger partial charge in [0, 0.05) is 11.1 Å². The number of benzene rings is 4. The second-order valence-electron chi connectivity index (χ2n) is 8.84. The van der Waals surface area contributed by atoms with Gasteiger partial charge < -0.3 is 14.2 Å². The van der Waals surface area contributed by atoms with Crippen LogP contribution < -0.4 is 4.74 Å². The molecule has 0 aromatic heterocycles. The van der Waals surface area contributed by atoms with E-state index in [2.05, 4.69) is 13.2 Å². The molecule has 0 heterocycles. The van der Waals surface area contributed by atoms with Gasteiger partial charge in [-0.25, -0.2) is 14.4 Å². The molecule has 0 unspecified atom stereocenters. The number of fused-ring (bicyclic) bond motifs is 2. The molecule has 0 atom stereocenters. The van der Waals surface area contributed by atoms with E-state index in [1.165, 1.54) is 0 Å². The van der Waals surface area contributed by atoms with Crippen molar-refractivity contribution in [3.05, 3.63) is 114 Å². The van der Waals surface area contributed by atoms with E-state index < -0.39 is 17.9 Å². The Kier molecular flexibility index (Phi) is 7.49. The standard InChI is InChI=1S/C31H26O6/c1-19(2)29(32)35-17-21-5-7-25-15-27(10-9-23(25)13-21)31(34)37-28-12-11-24-14-22(6-8-26(24)16-28)18-36-30(33)20(3)4/h5-16H,1,3,17-18H2,2,4H3. The molecule has 4 aromatic rings. The maximum atomic E-state index is 12.8. The summed E-state index contributed by atoms with van der Waals surface area (Å²) in [6.07, 6.45) is 0. The predicted octanol–water partition coefficient (Wildman–Crippen LogP) is 6.45. The fourth-order valence-corrected chi connectivity index (χ4v) is 3.65. The normalized spacial score (nSPS) is 10.6. The molecule has 0 N–H and O–H groups in total. The lowest BCUT2D eigenvalue weighted by molar-refractivity contribution is -0.141. The molecule has 0 fully saturated rings. The molecule has 6 heteroatoms. The van der Waals surface area contributed by atoms with Crippen LogP contribution in [-0.4, -0.2) is 17.9 Å². The van der Waals surface area contributed by atoms with Gasteiger partial charge in [0.1, 0.15) is 19.0 Å². The van der Waals surface area contributed by atoms with Crippen LogP contribution in [0.5, 0.6) is 5.75 Å². The first kappa shape index (κ1) is 25.4. The third kappa shape index (κ3) is 6.30. The van der Waals surface area contributed by atoms with Gasteiger partial charge in [-0.05, 0) is 82.9 Å². The third-order valence-corrected chi connectivity index (χ3v) is 5.66. The molecule has 6 nitrogen and oxygen atoms in total. The second kappa shape index (κ2) is 10.9. The quantitative estimate of drug-likeness (QED) is 0.159. The summed E-state index contributed by atoms with van der Waals surface area (Å²) < 4.78 is 16.0. The predicted molar refractivity (Wildman–Crippen MR) is 142 cm³/mol. The lowest BCUT2D eigenvalue weighted by Gasteiger charge is -2.09. The first-order valence-corrected chi connectivity index (χ1v) is 11.6. The zero-order valence-electron chi connectivity index (χ0n) is 20.7. The highest BCUT2D eigenvalue weighted by Gasteiger charge is 2.12. The molecule has 0 aliphatic rings. The van der Waals surface area contributed by atoms with Crippen molar-refractivity contribution in [3.63, 3.8) is 0 Å². The number of carbonyl (C=O) groups is 3. The van der Waals surface area contributed by atoms with Crippen LogP contribution in [0, 0.1) is 0 Å². The van der Waals surface area contributed by atoms with E-state index in [1.807, 2.05) is 48.5 Å². The van der Waals surface area contributed by atoms with Crippen molar-refractivity contribution >= 4 is 39.5 Å². The van der Waals surface area contributed by atoms with Crippen molar-refractivity contribution < 1.29 is 28.6 Å². The van der Waals surface area contributed by atoms with Gasteiger partial charge in [0.15, 0.2) is 0 Å². The molecule has 37 heavy (non-hydrogen) atoms. The Morgan fingerprint density at radius 3 is 1.62 bits per heavy atom. The van der Waals surface area contributed by atoms with Crippen molar-refractivity contribution in [2.24, 2.45) is 0 Å². The van der Waals surface area contributed by atoms with E-state index in [0.717, 1.165) is 32.7 Å². The van der Waals surface area contributed by atoms with Crippen LogP contribution in [0.1, 0.15) is 35.3 Å². The zero-order valence-corrected chi connectivity index (χ0v) is 20.7. The molecule has 0 bridgehead atoms. The smallest absolute Gasteiger partial charge is 0.343 e. The summed E-state index contributed by atoms with van der Waals surface area (Å²) in [5.74, 6) is -0.908. The largest absolute Gasteiger partial charge is 0.457 e. The van der Waals surface area contributed by atoms with Crippen molar-refractivity contribution in [2.75, 3.05) is 0 Å². The topological polar surface area (TPSA) is 78.9 Å². The maximum absolute atomic E-state index is 12.8. The minimum absolute atomic E-state index is 0.147. The highest BCUT2D eigenvalue weighted by atomic mass is 16.5. The maximum Gasteiger partial charge on any atom is 0.343 e. The Morgan fingerprint density at radius 2 is 1.08 bits per heavy atom. The number of carbonyl (C=O) groups excluding carboxylic acids is 3. The number of esters is 3. The molecule has 0 amide bonds. The van der Waals surface area contributed by atoms with Crippen LogP contribution in [0.2, 0.25) is 0 Å². The van der Waals surface area contributed by atoms with E-state index in [1.54, 1.807) is 38.1 Å². The highest BCUT2D eigenvalue weighted by molar-refractivity contribution is 5.97. The molecule has 4 aromatic carbocycles. The minimum Gasteiger partial charge on any atom is -0.457 e. The monoisotopic (exact) mass is 494 g/mol. The molecule has 0 aliphatic carbocycles. The van der Waals surface area contributed by atoms with Gasteiger partial charge in [0.25, 0.3) is 0 Å². The average molecular weight is 495 g/mol. The first-order chi connectivity index (χ1) is 17.7. The van der Waals surface area contributed by atoms with Gasteiger partial charge in [-0.3, -0.25) is 0 Å².